The van der Waals surface area contributed by atoms with E-state index in [2.05, 4.69) is 0 Å². The summed E-state index contributed by atoms with van der Waals surface area (Å²) in [5.74, 6) is -0.0591. The lowest BCUT2D eigenvalue weighted by Crippen LogP contribution is -2.35. The van der Waals surface area contributed by atoms with Crippen LogP contribution in [0.1, 0.15) is 42.1 Å². The molecule has 1 atom stereocenters. The molecule has 0 saturated heterocycles. The molecule has 0 amide bonds. The van der Waals surface area contributed by atoms with Crippen LogP contribution in [0.5, 0.6) is 0 Å². The lowest BCUT2D eigenvalue weighted by molar-refractivity contribution is -0.581. The van der Waals surface area contributed by atoms with Gasteiger partial charge in [-0.15, -0.1) is 0 Å². The van der Waals surface area contributed by atoms with Crippen LogP contribution in [-0.4, -0.2) is 10.7 Å². The number of carbonyl (C=O) groups excluding carboxylic acids is 1. The molecule has 0 N–H and O–H groups in total. The number of hydrogen-bond donors (Lipinski definition) is 0. The van der Waals surface area contributed by atoms with Gasteiger partial charge in [-0.1, -0.05) is 67.6 Å². The predicted molar refractivity (Wildman–Crippen MR) is 85.4 cm³/mol. The SMILES string of the molecule is CCC(CCC(=O)c1ccccc1)(c1ccccc1)[N+](=O)[O-]. The summed E-state index contributed by atoms with van der Waals surface area (Å²) in [7, 11) is 0. The van der Waals surface area contributed by atoms with Crippen LogP contribution < -0.4 is 0 Å². The highest BCUT2D eigenvalue weighted by molar-refractivity contribution is 5.96. The number of hydrogen-bond acceptors (Lipinski definition) is 3. The summed E-state index contributed by atoms with van der Waals surface area (Å²) in [6, 6.07) is 17.9. The van der Waals surface area contributed by atoms with Crippen molar-refractivity contribution in [2.24, 2.45) is 0 Å². The van der Waals surface area contributed by atoms with Gasteiger partial charge >= 0.3 is 0 Å². The van der Waals surface area contributed by atoms with Gasteiger partial charge < -0.3 is 0 Å². The van der Waals surface area contributed by atoms with Gasteiger partial charge in [0.05, 0.1) is 0 Å². The van der Waals surface area contributed by atoms with Crippen LogP contribution in [0.2, 0.25) is 0 Å². The summed E-state index contributed by atoms with van der Waals surface area (Å²) in [6.07, 6.45) is 0.716. The first-order valence-corrected chi connectivity index (χ1v) is 7.38. The Hall–Kier alpha value is -2.49. The first-order valence-electron chi connectivity index (χ1n) is 7.38. The smallest absolute Gasteiger partial charge is 0.247 e. The molecule has 22 heavy (non-hydrogen) atoms. The molecule has 2 aromatic carbocycles. The average molecular weight is 297 g/mol. The van der Waals surface area contributed by atoms with Crippen LogP contribution in [0.4, 0.5) is 0 Å². The minimum atomic E-state index is -1.20. The zero-order valence-corrected chi connectivity index (χ0v) is 12.6. The average Bonchev–Trinajstić information content (AvgIpc) is 2.57. The van der Waals surface area contributed by atoms with E-state index in [1.165, 1.54) is 0 Å². The highest BCUT2D eigenvalue weighted by Gasteiger charge is 2.42. The van der Waals surface area contributed by atoms with E-state index in [-0.39, 0.29) is 23.5 Å². The van der Waals surface area contributed by atoms with E-state index in [1.807, 2.05) is 12.1 Å². The van der Waals surface area contributed by atoms with Gasteiger partial charge in [0.25, 0.3) is 0 Å². The van der Waals surface area contributed by atoms with Crippen LogP contribution in [0.3, 0.4) is 0 Å². The Morgan fingerprint density at radius 1 is 1.05 bits per heavy atom. The third-order valence-corrected chi connectivity index (χ3v) is 4.11. The fraction of sp³-hybridized carbons (Fsp3) is 0.278. The minimum Gasteiger partial charge on any atom is -0.294 e. The van der Waals surface area contributed by atoms with Crippen LogP contribution in [-0.2, 0) is 5.54 Å². The molecule has 0 fully saturated rings. The standard InChI is InChI=1S/C18H19NO3/c1-2-18(19(21)22,16-11-7-4-8-12-16)14-13-17(20)15-9-5-3-6-10-15/h3-12H,2,13-14H2,1H3. The van der Waals surface area contributed by atoms with Crippen molar-refractivity contribution in [3.8, 4) is 0 Å². The Bertz CT molecular complexity index is 640. The number of rotatable bonds is 7. The van der Waals surface area contributed by atoms with E-state index in [1.54, 1.807) is 55.5 Å². The van der Waals surface area contributed by atoms with Gasteiger partial charge in [-0.05, 0) is 0 Å². The monoisotopic (exact) mass is 297 g/mol. The van der Waals surface area contributed by atoms with Gasteiger partial charge in [0.2, 0.25) is 5.54 Å². The van der Waals surface area contributed by atoms with Crippen molar-refractivity contribution in [3.63, 3.8) is 0 Å². The zero-order chi connectivity index (χ0) is 16.0. The molecule has 0 aromatic heterocycles. The molecule has 0 heterocycles. The summed E-state index contributed by atoms with van der Waals surface area (Å²) >= 11 is 0. The second kappa shape index (κ2) is 6.98. The molecule has 114 valence electrons. The molecular weight excluding hydrogens is 278 g/mol. The highest BCUT2D eigenvalue weighted by atomic mass is 16.6. The van der Waals surface area contributed by atoms with Crippen molar-refractivity contribution in [2.45, 2.75) is 31.7 Å². The normalized spacial score (nSPS) is 13.3. The lowest BCUT2D eigenvalue weighted by atomic mass is 9.82. The maximum absolute atomic E-state index is 12.2. The topological polar surface area (TPSA) is 60.2 Å². The van der Waals surface area contributed by atoms with Gasteiger partial charge in [-0.2, -0.15) is 0 Å². The van der Waals surface area contributed by atoms with Crippen molar-refractivity contribution in [1.29, 1.82) is 0 Å². The third kappa shape index (κ3) is 3.22. The molecule has 0 bridgehead atoms. The Labute approximate surface area is 129 Å². The van der Waals surface area contributed by atoms with Crippen molar-refractivity contribution in [3.05, 3.63) is 81.9 Å². The molecule has 0 spiro atoms. The summed E-state index contributed by atoms with van der Waals surface area (Å²) in [6.45, 7) is 1.79. The summed E-state index contributed by atoms with van der Waals surface area (Å²) in [4.78, 5) is 23.7. The third-order valence-electron chi connectivity index (χ3n) is 4.11. The predicted octanol–water partition coefficient (Wildman–Crippen LogP) is 4.23. The molecule has 2 aromatic rings. The van der Waals surface area contributed by atoms with Crippen LogP contribution >= 0.6 is 0 Å². The first-order chi connectivity index (χ1) is 10.6. The van der Waals surface area contributed by atoms with E-state index >= 15 is 0 Å². The molecule has 0 saturated carbocycles. The van der Waals surface area contributed by atoms with Gasteiger partial charge in [0.15, 0.2) is 5.78 Å². The number of Topliss-reactive ketones (excluding diaryl/α,β-unsaturated/α-hetero) is 1. The minimum absolute atomic E-state index is 0.0591. The first kappa shape index (κ1) is 15.9. The van der Waals surface area contributed by atoms with E-state index < -0.39 is 5.54 Å². The van der Waals surface area contributed by atoms with E-state index in [9.17, 15) is 14.9 Å². The zero-order valence-electron chi connectivity index (χ0n) is 12.6. The Kier molecular flexibility index (Phi) is 5.04. The van der Waals surface area contributed by atoms with Crippen molar-refractivity contribution < 1.29 is 9.72 Å². The second-order valence-corrected chi connectivity index (χ2v) is 5.30. The van der Waals surface area contributed by atoms with Gasteiger partial charge in [-0.3, -0.25) is 14.9 Å². The fourth-order valence-electron chi connectivity index (χ4n) is 2.69. The lowest BCUT2D eigenvalue weighted by Gasteiger charge is -2.24. The molecule has 0 radical (unpaired) electrons. The quantitative estimate of drug-likeness (QED) is 0.436. The van der Waals surface area contributed by atoms with E-state index in [0.717, 1.165) is 0 Å². The molecule has 0 aliphatic heterocycles. The van der Waals surface area contributed by atoms with Crippen molar-refractivity contribution in [1.82, 2.24) is 0 Å². The van der Waals surface area contributed by atoms with Crippen LogP contribution in [0.25, 0.3) is 0 Å². The second-order valence-electron chi connectivity index (χ2n) is 5.30. The largest absolute Gasteiger partial charge is 0.294 e. The van der Waals surface area contributed by atoms with Crippen molar-refractivity contribution in [2.75, 3.05) is 0 Å². The Morgan fingerprint density at radius 2 is 1.59 bits per heavy atom. The Morgan fingerprint density at radius 3 is 2.09 bits per heavy atom. The van der Waals surface area contributed by atoms with Gasteiger partial charge in [-0.25, -0.2) is 0 Å². The Balaban J connectivity index is 2.22. The molecule has 0 aliphatic rings. The van der Waals surface area contributed by atoms with Crippen LogP contribution in [0.15, 0.2) is 60.7 Å². The maximum Gasteiger partial charge on any atom is 0.247 e. The highest BCUT2D eigenvalue weighted by Crippen LogP contribution is 2.34. The number of ketones is 1. The molecule has 4 nitrogen and oxygen atoms in total. The number of nitro groups is 1. The number of carbonyl (C=O) groups is 1. The van der Waals surface area contributed by atoms with E-state index in [0.29, 0.717) is 17.5 Å². The molecule has 4 heteroatoms. The summed E-state index contributed by atoms with van der Waals surface area (Å²) in [5, 5.41) is 11.7. The summed E-state index contributed by atoms with van der Waals surface area (Å²) in [5.41, 5.74) is 0.0541. The summed E-state index contributed by atoms with van der Waals surface area (Å²) < 4.78 is 0. The molecular formula is C18H19NO3. The van der Waals surface area contributed by atoms with Crippen LogP contribution in [0, 0.1) is 10.1 Å². The molecule has 0 aliphatic carbocycles. The maximum atomic E-state index is 12.2. The van der Waals surface area contributed by atoms with Crippen molar-refractivity contribution >= 4 is 5.78 Å². The number of nitrogens with zero attached hydrogens (tertiary/aromatic N) is 1. The number of benzene rings is 2. The van der Waals surface area contributed by atoms with Gasteiger partial charge in [0.1, 0.15) is 0 Å². The molecule has 1 unspecified atom stereocenters. The van der Waals surface area contributed by atoms with E-state index in [4.69, 9.17) is 0 Å². The molecule has 2 rings (SSSR count). The fourth-order valence-corrected chi connectivity index (χ4v) is 2.69. The van der Waals surface area contributed by atoms with Gasteiger partial charge in [0, 0.05) is 35.3 Å².